The van der Waals surface area contributed by atoms with Crippen molar-refractivity contribution in [2.24, 2.45) is 5.92 Å². The Balaban J connectivity index is 2.29. The van der Waals surface area contributed by atoms with Gasteiger partial charge in [0.2, 0.25) is 0 Å². The van der Waals surface area contributed by atoms with Crippen LogP contribution in [0.15, 0.2) is 60.7 Å². The summed E-state index contributed by atoms with van der Waals surface area (Å²) in [5.74, 6) is 1.21. The van der Waals surface area contributed by atoms with Crippen LogP contribution in [0.1, 0.15) is 36.8 Å². The first-order valence-corrected chi connectivity index (χ1v) is 7.42. The van der Waals surface area contributed by atoms with Gasteiger partial charge in [0.05, 0.1) is 0 Å². The number of hydrogen-bond acceptors (Lipinski definition) is 0. The molecule has 0 aliphatic carbocycles. The second-order valence-corrected chi connectivity index (χ2v) is 5.42. The summed E-state index contributed by atoms with van der Waals surface area (Å²) in [5, 5.41) is 1.28. The van der Waals surface area contributed by atoms with Crippen LogP contribution in [0.3, 0.4) is 0 Å². The molecule has 2 aromatic rings. The molecule has 0 amide bonds. The number of hydrogen-bond donors (Lipinski definition) is 0. The topological polar surface area (TPSA) is 0 Å². The van der Waals surface area contributed by atoms with Crippen LogP contribution in [0.4, 0.5) is 0 Å². The second kappa shape index (κ2) is 7.58. The van der Waals surface area contributed by atoms with Crippen molar-refractivity contribution in [3.05, 3.63) is 71.8 Å². The molecule has 0 fully saturated rings. The van der Waals surface area contributed by atoms with Crippen molar-refractivity contribution in [2.45, 2.75) is 30.8 Å². The van der Waals surface area contributed by atoms with E-state index in [1.54, 1.807) is 0 Å². The van der Waals surface area contributed by atoms with Crippen LogP contribution in [-0.4, -0.2) is 17.7 Å². The number of benzene rings is 2. The van der Waals surface area contributed by atoms with Gasteiger partial charge < -0.3 is 0 Å². The molecule has 94 valence electrons. The molecule has 0 N–H and O–H groups in total. The molecule has 0 saturated heterocycles. The van der Waals surface area contributed by atoms with Crippen LogP contribution in [0, 0.1) is 5.92 Å². The normalized spacial score (nSPS) is 12.6. The number of rotatable bonds is 6. The van der Waals surface area contributed by atoms with E-state index in [0.29, 0.717) is 11.8 Å². The molecule has 0 nitrogen and oxygen atoms in total. The van der Waals surface area contributed by atoms with Gasteiger partial charge in [-0.05, 0) is 0 Å². The molecular formula is C18H21Li. The molecular weight excluding hydrogens is 223 g/mol. The summed E-state index contributed by atoms with van der Waals surface area (Å²) in [6.07, 6.45) is 2.61. The van der Waals surface area contributed by atoms with E-state index in [-0.39, 0.29) is 0 Å². The molecule has 0 radical (unpaired) electrons. The Morgan fingerprint density at radius 2 is 1.32 bits per heavy atom. The average Bonchev–Trinajstić information content (AvgIpc) is 2.47. The van der Waals surface area contributed by atoms with Crippen molar-refractivity contribution in [2.75, 3.05) is 0 Å². The minimum atomic E-state index is 0.522. The fourth-order valence-corrected chi connectivity index (χ4v) is 2.86. The fraction of sp³-hybridized carbons (Fsp3) is 0.333. The van der Waals surface area contributed by atoms with Gasteiger partial charge in [0.1, 0.15) is 0 Å². The summed E-state index contributed by atoms with van der Waals surface area (Å²) in [6, 6.07) is 21.9. The van der Waals surface area contributed by atoms with Crippen LogP contribution in [0.25, 0.3) is 0 Å². The molecule has 0 aliphatic heterocycles. The molecule has 2 aromatic carbocycles. The maximum atomic E-state index is 2.39. The Morgan fingerprint density at radius 3 is 1.74 bits per heavy atom. The second-order valence-electron chi connectivity index (χ2n) is 5.42. The van der Waals surface area contributed by atoms with Crippen LogP contribution >= 0.6 is 0 Å². The SMILES string of the molecule is [Li][CH2]CCC(C)C(c1ccccc1)c1ccccc1. The van der Waals surface area contributed by atoms with Gasteiger partial charge in [0, 0.05) is 0 Å². The van der Waals surface area contributed by atoms with Crippen LogP contribution < -0.4 is 0 Å². The van der Waals surface area contributed by atoms with Crippen molar-refractivity contribution in [1.29, 1.82) is 0 Å². The zero-order valence-corrected chi connectivity index (χ0v) is 12.0. The summed E-state index contributed by atoms with van der Waals surface area (Å²) >= 11 is 2.27. The van der Waals surface area contributed by atoms with Gasteiger partial charge in [-0.3, -0.25) is 0 Å². The van der Waals surface area contributed by atoms with Gasteiger partial charge in [0.15, 0.2) is 0 Å². The van der Waals surface area contributed by atoms with E-state index in [1.165, 1.54) is 29.1 Å². The Kier molecular flexibility index (Phi) is 5.77. The Morgan fingerprint density at radius 1 is 0.842 bits per heavy atom. The molecule has 19 heavy (non-hydrogen) atoms. The van der Waals surface area contributed by atoms with Crippen molar-refractivity contribution >= 4 is 17.7 Å². The van der Waals surface area contributed by atoms with Gasteiger partial charge >= 0.3 is 126 Å². The van der Waals surface area contributed by atoms with Gasteiger partial charge in [0.25, 0.3) is 0 Å². The zero-order valence-electron chi connectivity index (χ0n) is 12.0. The van der Waals surface area contributed by atoms with E-state index in [0.717, 1.165) is 0 Å². The maximum absolute atomic E-state index is 2.39. The summed E-state index contributed by atoms with van der Waals surface area (Å²) in [6.45, 7) is 2.39. The average molecular weight is 244 g/mol. The Bertz CT molecular complexity index is 424. The first-order chi connectivity index (χ1) is 9.33. The molecule has 1 heteroatoms. The van der Waals surface area contributed by atoms with Crippen molar-refractivity contribution < 1.29 is 0 Å². The van der Waals surface area contributed by atoms with Gasteiger partial charge in [-0.1, -0.05) is 0 Å². The summed E-state index contributed by atoms with van der Waals surface area (Å²) < 4.78 is 0. The monoisotopic (exact) mass is 244 g/mol. The fourth-order valence-electron chi connectivity index (χ4n) is 2.86. The molecule has 0 heterocycles. The standard InChI is InChI=1S/C18H21.Li/c1-3-10-15(2)18(16-11-6-4-7-12-16)17-13-8-5-9-14-17;/h4-9,11-15,18H,1,3,10H2,2H3;. The predicted octanol–water partition coefficient (Wildman–Crippen LogP) is 4.82. The molecule has 0 spiro atoms. The molecule has 0 saturated carbocycles. The summed E-state index contributed by atoms with van der Waals surface area (Å²) in [4.78, 5) is 0. The van der Waals surface area contributed by atoms with Gasteiger partial charge in [-0.25, -0.2) is 0 Å². The van der Waals surface area contributed by atoms with E-state index in [1.807, 2.05) is 0 Å². The van der Waals surface area contributed by atoms with Crippen LogP contribution in [-0.2, 0) is 0 Å². The van der Waals surface area contributed by atoms with Gasteiger partial charge in [-0.2, -0.15) is 0 Å². The predicted molar refractivity (Wildman–Crippen MR) is 83.7 cm³/mol. The summed E-state index contributed by atoms with van der Waals surface area (Å²) in [5.41, 5.74) is 2.88. The van der Waals surface area contributed by atoms with Gasteiger partial charge in [-0.15, -0.1) is 0 Å². The first-order valence-electron chi connectivity index (χ1n) is 7.42. The van der Waals surface area contributed by atoms with Crippen LogP contribution in [0.5, 0.6) is 0 Å². The Labute approximate surface area is 126 Å². The first kappa shape index (κ1) is 14.4. The third-order valence-electron chi connectivity index (χ3n) is 3.90. The van der Waals surface area contributed by atoms with Crippen molar-refractivity contribution in [1.82, 2.24) is 0 Å². The molecule has 1 unspecified atom stereocenters. The van der Waals surface area contributed by atoms with E-state index in [4.69, 9.17) is 0 Å². The zero-order chi connectivity index (χ0) is 13.5. The molecule has 2 rings (SSSR count). The van der Waals surface area contributed by atoms with Crippen molar-refractivity contribution in [3.8, 4) is 0 Å². The third-order valence-corrected chi connectivity index (χ3v) is 3.90. The Hall–Kier alpha value is -0.963. The third kappa shape index (κ3) is 4.00. The van der Waals surface area contributed by atoms with E-state index in [9.17, 15) is 0 Å². The molecule has 0 bridgehead atoms. The van der Waals surface area contributed by atoms with E-state index >= 15 is 0 Å². The van der Waals surface area contributed by atoms with Crippen LogP contribution in [0.2, 0.25) is 5.09 Å². The molecule has 0 aromatic heterocycles. The summed E-state index contributed by atoms with van der Waals surface area (Å²) in [7, 11) is 0. The minimum absolute atomic E-state index is 0.522. The van der Waals surface area contributed by atoms with E-state index < -0.39 is 0 Å². The van der Waals surface area contributed by atoms with Crippen molar-refractivity contribution in [3.63, 3.8) is 0 Å². The quantitative estimate of drug-likeness (QED) is 0.639. The molecule has 1 atom stereocenters. The van der Waals surface area contributed by atoms with E-state index in [2.05, 4.69) is 85.3 Å². The molecule has 0 aliphatic rings.